The summed E-state index contributed by atoms with van der Waals surface area (Å²) in [4.78, 5) is 2.20. The lowest BCUT2D eigenvalue weighted by Crippen LogP contribution is -2.44. The second kappa shape index (κ2) is 6.22. The third kappa shape index (κ3) is 3.73. The summed E-state index contributed by atoms with van der Waals surface area (Å²) in [5.41, 5.74) is 0.473. The molecule has 2 rings (SSSR count). The van der Waals surface area contributed by atoms with Crippen LogP contribution < -0.4 is 5.32 Å². The van der Waals surface area contributed by atoms with Crippen molar-refractivity contribution in [3.63, 3.8) is 0 Å². The number of hydrogen-bond acceptors (Lipinski definition) is 3. The maximum Gasteiger partial charge on any atom is 0.130 e. The zero-order valence-electron chi connectivity index (χ0n) is 10.5. The molecule has 1 saturated heterocycles. The van der Waals surface area contributed by atoms with Crippen molar-refractivity contribution in [1.82, 2.24) is 10.2 Å². The van der Waals surface area contributed by atoms with Crippen molar-refractivity contribution in [2.45, 2.75) is 12.6 Å². The van der Waals surface area contributed by atoms with E-state index in [-0.39, 0.29) is 6.10 Å². The van der Waals surface area contributed by atoms with Crippen molar-refractivity contribution in [2.24, 2.45) is 0 Å². The number of likely N-dealkylation sites (N-methyl/N-ethyl adjacent to an activating group) is 1. The molecule has 18 heavy (non-hydrogen) atoms. The molecule has 5 heteroatoms. The van der Waals surface area contributed by atoms with Gasteiger partial charge in [-0.05, 0) is 13.1 Å². The molecule has 0 saturated carbocycles. The molecular weight excluding hydrogens is 238 g/mol. The number of nitrogens with zero attached hydrogens (tertiary/aromatic N) is 1. The van der Waals surface area contributed by atoms with Gasteiger partial charge < -0.3 is 15.0 Å². The molecule has 1 atom stereocenters. The lowest BCUT2D eigenvalue weighted by atomic mass is 10.2. The van der Waals surface area contributed by atoms with E-state index in [4.69, 9.17) is 4.74 Å². The first-order chi connectivity index (χ1) is 8.65. The van der Waals surface area contributed by atoms with Gasteiger partial charge in [-0.15, -0.1) is 0 Å². The van der Waals surface area contributed by atoms with E-state index < -0.39 is 11.6 Å². The molecule has 0 radical (unpaired) electrons. The molecule has 100 valence electrons. The van der Waals surface area contributed by atoms with Gasteiger partial charge in [0.25, 0.3) is 0 Å². The highest BCUT2D eigenvalue weighted by molar-refractivity contribution is 5.18. The van der Waals surface area contributed by atoms with Gasteiger partial charge in [0.15, 0.2) is 0 Å². The second-order valence-corrected chi connectivity index (χ2v) is 4.62. The molecule has 3 nitrogen and oxygen atoms in total. The zero-order valence-corrected chi connectivity index (χ0v) is 10.5. The molecule has 0 amide bonds. The Hall–Kier alpha value is -1.04. The van der Waals surface area contributed by atoms with E-state index in [1.54, 1.807) is 0 Å². The molecular formula is C13H18F2N2O. The zero-order chi connectivity index (χ0) is 13.0. The Kier molecular flexibility index (Phi) is 4.63. The summed E-state index contributed by atoms with van der Waals surface area (Å²) in [7, 11) is 2.05. The number of morpholine rings is 1. The van der Waals surface area contributed by atoms with Gasteiger partial charge in [0.1, 0.15) is 11.6 Å². The van der Waals surface area contributed by atoms with Crippen LogP contribution in [0.1, 0.15) is 5.56 Å². The van der Waals surface area contributed by atoms with Crippen molar-refractivity contribution in [2.75, 3.05) is 33.3 Å². The highest BCUT2D eigenvalue weighted by Crippen LogP contribution is 2.09. The summed E-state index contributed by atoms with van der Waals surface area (Å²) in [6.45, 7) is 3.60. The maximum absolute atomic E-state index is 13.4. The predicted octanol–water partition coefficient (Wildman–Crippen LogP) is 1.38. The molecule has 1 aromatic carbocycles. The highest BCUT2D eigenvalue weighted by atomic mass is 19.1. The molecule has 0 aromatic heterocycles. The SMILES string of the molecule is CN1CCOC(CNCc2ccc(F)cc2F)C1. The molecule has 1 fully saturated rings. The molecule has 0 aliphatic carbocycles. The summed E-state index contributed by atoms with van der Waals surface area (Å²) in [6.07, 6.45) is 0.132. The summed E-state index contributed by atoms with van der Waals surface area (Å²) in [5, 5.41) is 3.14. The molecule has 0 bridgehead atoms. The first kappa shape index (κ1) is 13.4. The van der Waals surface area contributed by atoms with Crippen LogP contribution in [0.15, 0.2) is 18.2 Å². The molecule has 1 aromatic rings. The topological polar surface area (TPSA) is 24.5 Å². The normalized spacial score (nSPS) is 21.2. The van der Waals surface area contributed by atoms with Crippen LogP contribution in [0.3, 0.4) is 0 Å². The van der Waals surface area contributed by atoms with Crippen LogP contribution in [-0.4, -0.2) is 44.3 Å². The first-order valence-corrected chi connectivity index (χ1v) is 6.10. The van der Waals surface area contributed by atoms with Crippen LogP contribution in [0.25, 0.3) is 0 Å². The number of rotatable bonds is 4. The van der Waals surface area contributed by atoms with Crippen LogP contribution in [0.5, 0.6) is 0 Å². The monoisotopic (exact) mass is 256 g/mol. The summed E-state index contributed by atoms with van der Waals surface area (Å²) in [6, 6.07) is 3.64. The fraction of sp³-hybridized carbons (Fsp3) is 0.538. The Morgan fingerprint density at radius 2 is 2.28 bits per heavy atom. The largest absolute Gasteiger partial charge is 0.374 e. The van der Waals surface area contributed by atoms with E-state index in [1.165, 1.54) is 12.1 Å². The number of nitrogens with one attached hydrogen (secondary N) is 1. The van der Waals surface area contributed by atoms with Crippen LogP contribution in [0.4, 0.5) is 8.78 Å². The van der Waals surface area contributed by atoms with Gasteiger partial charge in [0.2, 0.25) is 0 Å². The third-order valence-corrected chi connectivity index (χ3v) is 3.04. The minimum Gasteiger partial charge on any atom is -0.374 e. The number of hydrogen-bond donors (Lipinski definition) is 1. The van der Waals surface area contributed by atoms with Crippen LogP contribution in [-0.2, 0) is 11.3 Å². The molecule has 1 unspecified atom stereocenters. The van der Waals surface area contributed by atoms with E-state index in [1.807, 2.05) is 0 Å². The molecule has 1 aliphatic heterocycles. The molecule has 0 spiro atoms. The lowest BCUT2D eigenvalue weighted by Gasteiger charge is -2.30. The Labute approximate surface area is 106 Å². The van der Waals surface area contributed by atoms with Gasteiger partial charge in [-0.3, -0.25) is 0 Å². The number of ether oxygens (including phenoxy) is 1. The van der Waals surface area contributed by atoms with E-state index in [0.717, 1.165) is 25.8 Å². The van der Waals surface area contributed by atoms with Gasteiger partial charge >= 0.3 is 0 Å². The van der Waals surface area contributed by atoms with Crippen LogP contribution in [0, 0.1) is 11.6 Å². The number of benzene rings is 1. The van der Waals surface area contributed by atoms with E-state index in [0.29, 0.717) is 18.7 Å². The highest BCUT2D eigenvalue weighted by Gasteiger charge is 2.17. The standard InChI is InChI=1S/C13H18F2N2O/c1-17-4-5-18-12(9-17)8-16-7-10-2-3-11(14)6-13(10)15/h2-3,6,12,16H,4-5,7-9H2,1H3. The van der Waals surface area contributed by atoms with Gasteiger partial charge in [0, 0.05) is 37.8 Å². The average Bonchev–Trinajstić information content (AvgIpc) is 2.32. The Bertz CT molecular complexity index is 401. The predicted molar refractivity (Wildman–Crippen MR) is 65.3 cm³/mol. The fourth-order valence-corrected chi connectivity index (χ4v) is 2.02. The van der Waals surface area contributed by atoms with Gasteiger partial charge in [-0.25, -0.2) is 8.78 Å². The van der Waals surface area contributed by atoms with E-state index >= 15 is 0 Å². The maximum atomic E-state index is 13.4. The molecule has 1 heterocycles. The van der Waals surface area contributed by atoms with Gasteiger partial charge in [-0.2, -0.15) is 0 Å². The van der Waals surface area contributed by atoms with Crippen molar-refractivity contribution < 1.29 is 13.5 Å². The summed E-state index contributed by atoms with van der Waals surface area (Å²) in [5.74, 6) is -1.06. The third-order valence-electron chi connectivity index (χ3n) is 3.04. The van der Waals surface area contributed by atoms with Crippen molar-refractivity contribution in [1.29, 1.82) is 0 Å². The lowest BCUT2D eigenvalue weighted by molar-refractivity contribution is -0.0182. The first-order valence-electron chi connectivity index (χ1n) is 6.10. The minimum atomic E-state index is -0.548. The van der Waals surface area contributed by atoms with E-state index in [2.05, 4.69) is 17.3 Å². The smallest absolute Gasteiger partial charge is 0.130 e. The van der Waals surface area contributed by atoms with Crippen molar-refractivity contribution >= 4 is 0 Å². The summed E-state index contributed by atoms with van der Waals surface area (Å²) < 4.78 is 31.7. The summed E-state index contributed by atoms with van der Waals surface area (Å²) >= 11 is 0. The Balaban J connectivity index is 1.77. The Morgan fingerprint density at radius 1 is 1.44 bits per heavy atom. The van der Waals surface area contributed by atoms with Crippen molar-refractivity contribution in [3.8, 4) is 0 Å². The van der Waals surface area contributed by atoms with Crippen LogP contribution in [0.2, 0.25) is 0 Å². The van der Waals surface area contributed by atoms with Gasteiger partial charge in [-0.1, -0.05) is 6.07 Å². The Morgan fingerprint density at radius 3 is 3.00 bits per heavy atom. The van der Waals surface area contributed by atoms with Crippen molar-refractivity contribution in [3.05, 3.63) is 35.4 Å². The van der Waals surface area contributed by atoms with E-state index in [9.17, 15) is 8.78 Å². The quantitative estimate of drug-likeness (QED) is 0.881. The average molecular weight is 256 g/mol. The van der Waals surface area contributed by atoms with Gasteiger partial charge in [0.05, 0.1) is 12.7 Å². The second-order valence-electron chi connectivity index (χ2n) is 4.62. The minimum absolute atomic E-state index is 0.132. The molecule has 1 N–H and O–H groups in total. The molecule has 1 aliphatic rings. The fourth-order valence-electron chi connectivity index (χ4n) is 2.02. The van der Waals surface area contributed by atoms with Crippen LogP contribution >= 0.6 is 0 Å². The number of halogens is 2.